The number of nitrogens with one attached hydrogen (secondary N) is 3. The third-order valence-electron chi connectivity index (χ3n) is 9.01. The van der Waals surface area contributed by atoms with Crippen molar-refractivity contribution in [3.8, 4) is 23.5 Å². The Balaban J connectivity index is 0.000000247. The van der Waals surface area contributed by atoms with Crippen LogP contribution in [0.25, 0.3) is 5.69 Å². The number of aromatic nitrogens is 9. The van der Waals surface area contributed by atoms with Gasteiger partial charge in [-0.2, -0.15) is 13.5 Å². The lowest BCUT2D eigenvalue weighted by atomic mass is 10.2. The van der Waals surface area contributed by atoms with Crippen LogP contribution in [-0.2, 0) is 48.9 Å². The highest BCUT2D eigenvalue weighted by Gasteiger charge is 2.35. The fourth-order valence-electron chi connectivity index (χ4n) is 5.72. The number of alkyl halides is 5. The van der Waals surface area contributed by atoms with E-state index < -0.39 is 93.6 Å². The Hall–Kier alpha value is -7.83. The van der Waals surface area contributed by atoms with E-state index in [0.717, 1.165) is 66.0 Å². The van der Waals surface area contributed by atoms with Crippen molar-refractivity contribution in [2.24, 2.45) is 14.1 Å². The van der Waals surface area contributed by atoms with Gasteiger partial charge >= 0.3 is 60.0 Å². The molecule has 0 radical (unpaired) electrons. The van der Waals surface area contributed by atoms with Gasteiger partial charge in [0.1, 0.15) is 21.4 Å². The van der Waals surface area contributed by atoms with Gasteiger partial charge in [0, 0.05) is 14.1 Å². The van der Waals surface area contributed by atoms with E-state index in [9.17, 15) is 76.0 Å². The molecule has 6 rings (SSSR count). The lowest BCUT2D eigenvalue weighted by Gasteiger charge is -2.13. The number of carbonyl (C=O) groups is 3. The van der Waals surface area contributed by atoms with E-state index in [0.29, 0.717) is 15.8 Å². The Labute approximate surface area is 434 Å². The normalized spacial score (nSPS) is 11.6. The molecule has 0 unspecified atom stereocenters. The molecule has 2 amide bonds. The number of para-hydroxylation sites is 1. The average molecular weight is 1180 g/mol. The zero-order valence-corrected chi connectivity index (χ0v) is 43.7. The van der Waals surface area contributed by atoms with Crippen molar-refractivity contribution in [2.45, 2.75) is 43.0 Å². The van der Waals surface area contributed by atoms with Gasteiger partial charge in [-0.1, -0.05) is 54.4 Å². The number of methoxy groups -OCH3 is 2. The van der Waals surface area contributed by atoms with Gasteiger partial charge in [0.05, 0.1) is 54.1 Å². The third kappa shape index (κ3) is 14.7. The molecule has 0 atom stereocenters. The van der Waals surface area contributed by atoms with Crippen LogP contribution in [0.15, 0.2) is 84.8 Å². The maximum Gasteiger partial charge on any atom is 0.573 e. The Morgan fingerprint density at radius 1 is 0.750 bits per heavy atom. The first-order valence-corrected chi connectivity index (χ1v) is 25.9. The first kappa shape index (κ1) is 60.7. The summed E-state index contributed by atoms with van der Waals surface area (Å²) in [6.07, 6.45) is -3.60. The quantitative estimate of drug-likeness (QED) is 0.104. The number of ether oxygens (including phenoxy) is 4. The fraction of sp³-hybridized carbons (Fsp3) is 0.289. The lowest BCUT2D eigenvalue weighted by molar-refractivity contribution is -0.275. The van der Waals surface area contributed by atoms with E-state index in [1.165, 1.54) is 50.0 Å². The standard InChI is InChI=1S/C15H18N4O7S.C12H11F3N4O6S.C11H10Cl2F2N4O3S/c1-4-9-26-14-16-19(15(22)18(14)2)13(21)17-27(23,24)11-8-6-5-7-10(11)12(20)25-3;1-18-10(24-2)16-19(11(18)21)9(20)17-26(22,23)8-6-4-3-5-7(8)25-12(13,14)15;1-5-16-19(11(20)18(5)10(14)15)9-4-8(17-23(2,21)22)6(12)3-7(9)13/h5-8H,4,9H2,1-3H3,(H,17,21);3-6H,1-2H3,(H,17,20);3-4,10,17H,1-2H3. The molecule has 3 heterocycles. The number of sulfonamides is 3. The Morgan fingerprint density at radius 2 is 1.26 bits per heavy atom. The van der Waals surface area contributed by atoms with Crippen molar-refractivity contribution in [1.29, 1.82) is 0 Å². The summed E-state index contributed by atoms with van der Waals surface area (Å²) in [6.45, 7) is 0.254. The van der Waals surface area contributed by atoms with E-state index in [1.807, 2.05) is 6.92 Å². The predicted octanol–water partition coefficient (Wildman–Crippen LogP) is 2.96. The molecule has 6 aromatic rings. The number of rotatable bonds is 14. The summed E-state index contributed by atoms with van der Waals surface area (Å²) < 4.78 is 161. The second-order valence-electron chi connectivity index (χ2n) is 14.5. The molecule has 3 aromatic heterocycles. The summed E-state index contributed by atoms with van der Waals surface area (Å²) in [5, 5.41) is 10.7. The van der Waals surface area contributed by atoms with Crippen molar-refractivity contribution in [3.63, 3.8) is 0 Å². The van der Waals surface area contributed by atoms with E-state index in [2.05, 4.69) is 29.5 Å². The summed E-state index contributed by atoms with van der Waals surface area (Å²) in [4.78, 5) is 70.5. The van der Waals surface area contributed by atoms with Crippen LogP contribution in [0.1, 0.15) is 36.1 Å². The van der Waals surface area contributed by atoms with E-state index in [-0.39, 0.29) is 60.7 Å². The highest BCUT2D eigenvalue weighted by atomic mass is 35.5. The van der Waals surface area contributed by atoms with Crippen molar-refractivity contribution in [1.82, 2.24) is 52.5 Å². The second-order valence-corrected chi connectivity index (χ2v) is 20.3. The van der Waals surface area contributed by atoms with Crippen molar-refractivity contribution >= 4 is 77.0 Å². The molecular weight excluding hydrogens is 1140 g/mol. The van der Waals surface area contributed by atoms with Crippen molar-refractivity contribution in [2.75, 3.05) is 31.8 Å². The van der Waals surface area contributed by atoms with Crippen LogP contribution in [-0.4, -0.2) is 120 Å². The molecule has 0 saturated carbocycles. The number of aryl methyl sites for hydroxylation is 1. The number of nitrogens with zero attached hydrogens (tertiary/aromatic N) is 9. The van der Waals surface area contributed by atoms with E-state index >= 15 is 0 Å². The molecule has 0 saturated heterocycles. The van der Waals surface area contributed by atoms with Crippen LogP contribution in [0.2, 0.25) is 10.0 Å². The topological polar surface area (TPSA) is 346 Å². The van der Waals surface area contributed by atoms with Gasteiger partial charge in [-0.25, -0.2) is 77.2 Å². The number of hydrogen-bond acceptors (Lipinski definition) is 19. The first-order chi connectivity index (χ1) is 35.2. The van der Waals surface area contributed by atoms with Gasteiger partial charge in [-0.3, -0.25) is 4.72 Å². The minimum Gasteiger partial charge on any atom is -0.467 e. The predicted molar refractivity (Wildman–Crippen MR) is 253 cm³/mol. The summed E-state index contributed by atoms with van der Waals surface area (Å²) in [5.74, 6) is -2.17. The van der Waals surface area contributed by atoms with Gasteiger partial charge in [-0.05, 0) is 49.7 Å². The van der Waals surface area contributed by atoms with Crippen LogP contribution in [0.4, 0.5) is 37.2 Å². The van der Waals surface area contributed by atoms with Crippen LogP contribution in [0.5, 0.6) is 17.8 Å². The highest BCUT2D eigenvalue weighted by Crippen LogP contribution is 2.32. The van der Waals surface area contributed by atoms with Crippen LogP contribution in [0.3, 0.4) is 0 Å². The minimum atomic E-state index is -5.15. The smallest absolute Gasteiger partial charge is 0.467 e. The SMILES string of the molecule is CCCOc1nn(C(=O)NS(=O)(=O)c2ccccc2C(=O)OC)c(=O)n1C.COc1nn(C(=O)NS(=O)(=O)c2ccccc2OC(F)(F)F)c(=O)n1C.Cc1nn(-c2cc(NS(C)(=O)=O)c(Cl)cc2Cl)c(=O)n1C(F)F. The molecular formula is C38H39Cl2F5N12O16S3. The number of hydrogen-bond donors (Lipinski definition) is 3. The van der Waals surface area contributed by atoms with Gasteiger partial charge in [0.25, 0.3) is 20.0 Å². The number of esters is 1. The minimum absolute atomic E-state index is 0.0257. The maximum absolute atomic E-state index is 12.8. The van der Waals surface area contributed by atoms with Crippen molar-refractivity contribution in [3.05, 3.63) is 114 Å². The zero-order chi connectivity index (χ0) is 57.4. The van der Waals surface area contributed by atoms with Gasteiger partial charge in [0.15, 0.2) is 0 Å². The number of carbonyl (C=O) groups excluding carboxylic acids is 3. The Bertz CT molecular complexity index is 3710. The molecule has 0 aliphatic carbocycles. The lowest BCUT2D eigenvalue weighted by Crippen LogP contribution is -2.40. The van der Waals surface area contributed by atoms with Gasteiger partial charge in [0.2, 0.25) is 10.0 Å². The van der Waals surface area contributed by atoms with Crippen LogP contribution < -0.4 is 45.4 Å². The molecule has 0 bridgehead atoms. The maximum atomic E-state index is 12.8. The Morgan fingerprint density at radius 3 is 1.75 bits per heavy atom. The average Bonchev–Trinajstić information content (AvgIpc) is 3.91. The molecule has 0 aliphatic rings. The largest absolute Gasteiger partial charge is 0.573 e. The number of anilines is 1. The summed E-state index contributed by atoms with van der Waals surface area (Å²) in [5.41, 5.74) is -3.46. The second kappa shape index (κ2) is 24.2. The first-order valence-electron chi connectivity index (χ1n) is 20.3. The molecule has 28 nitrogen and oxygen atoms in total. The molecule has 38 heteroatoms. The monoisotopic (exact) mass is 1180 g/mol. The molecule has 0 aliphatic heterocycles. The third-order valence-corrected chi connectivity index (χ3v) is 13.0. The van der Waals surface area contributed by atoms with Crippen molar-refractivity contribution < 1.29 is 80.5 Å². The highest BCUT2D eigenvalue weighted by molar-refractivity contribution is 7.92. The molecule has 76 heavy (non-hydrogen) atoms. The number of benzene rings is 3. The molecule has 3 aromatic carbocycles. The summed E-state index contributed by atoms with van der Waals surface area (Å²) in [7, 11) is -8.16. The zero-order valence-electron chi connectivity index (χ0n) is 39.7. The number of halogens is 7. The van der Waals surface area contributed by atoms with Gasteiger partial charge in [-0.15, -0.1) is 37.8 Å². The van der Waals surface area contributed by atoms with E-state index in [1.54, 1.807) is 4.72 Å². The molecule has 414 valence electrons. The van der Waals surface area contributed by atoms with Gasteiger partial charge < -0.3 is 18.9 Å². The van der Waals surface area contributed by atoms with E-state index in [4.69, 9.17) is 32.7 Å². The summed E-state index contributed by atoms with van der Waals surface area (Å²) in [6, 6.07) is 7.99. The molecule has 3 N–H and O–H groups in total. The Kier molecular flexibility index (Phi) is 19.4. The summed E-state index contributed by atoms with van der Waals surface area (Å²) >= 11 is 11.8. The van der Waals surface area contributed by atoms with Crippen LogP contribution >= 0.6 is 23.2 Å². The van der Waals surface area contributed by atoms with Crippen LogP contribution in [0, 0.1) is 6.92 Å². The fourth-order valence-corrected chi connectivity index (χ4v) is 9.04. The molecule has 0 spiro atoms. The molecule has 0 fully saturated rings. The number of amides is 2.